The summed E-state index contributed by atoms with van der Waals surface area (Å²) in [6, 6.07) is 5.51. The zero-order valence-corrected chi connectivity index (χ0v) is 18.5. The zero-order valence-electron chi connectivity index (χ0n) is 15.3. The maximum absolute atomic E-state index is 12.9. The number of rotatable bonds is 7. The number of amides is 1. The Morgan fingerprint density at radius 3 is 2.68 bits per heavy atom. The van der Waals surface area contributed by atoms with Crippen molar-refractivity contribution in [1.82, 2.24) is 4.98 Å². The maximum Gasteiger partial charge on any atom is 0.306 e. The number of nitrogens with zero attached hydrogens (tertiary/aromatic N) is 2. The Labute approximate surface area is 180 Å². The molecule has 0 N–H and O–H groups in total. The van der Waals surface area contributed by atoms with Crippen molar-refractivity contribution in [3.05, 3.63) is 43.5 Å². The second kappa shape index (κ2) is 9.22. The van der Waals surface area contributed by atoms with Crippen LogP contribution in [-0.4, -0.2) is 23.5 Å². The summed E-state index contributed by atoms with van der Waals surface area (Å²) in [6.45, 7) is 4.30. The van der Waals surface area contributed by atoms with E-state index in [1.807, 2.05) is 24.4 Å². The lowest BCUT2D eigenvalue weighted by Crippen LogP contribution is -2.31. The first kappa shape index (κ1) is 21.0. The number of esters is 1. The van der Waals surface area contributed by atoms with Crippen molar-refractivity contribution in [3.63, 3.8) is 0 Å². The van der Waals surface area contributed by atoms with Gasteiger partial charge < -0.3 is 9.64 Å². The molecule has 0 saturated heterocycles. The first-order valence-corrected chi connectivity index (χ1v) is 11.1. The van der Waals surface area contributed by atoms with E-state index >= 15 is 0 Å². The molecule has 5 nitrogen and oxygen atoms in total. The summed E-state index contributed by atoms with van der Waals surface area (Å²) in [5.41, 5.74) is 1.46. The predicted molar refractivity (Wildman–Crippen MR) is 116 cm³/mol. The minimum atomic E-state index is -0.376. The van der Waals surface area contributed by atoms with Gasteiger partial charge in [-0.15, -0.1) is 22.7 Å². The van der Waals surface area contributed by atoms with Gasteiger partial charge in [0.2, 0.25) is 5.91 Å². The SMILES string of the molecule is CCOC(=O)CCC(=O)N(Cc1nc2c(Cl)c(Cl)ccc2s1)c1ccsc1C. The van der Waals surface area contributed by atoms with E-state index in [2.05, 4.69) is 4.98 Å². The third-order valence-corrected chi connectivity index (χ3v) is 6.70. The lowest BCUT2D eigenvalue weighted by atomic mass is 10.2. The molecular formula is C19H18Cl2N2O3S2. The fourth-order valence-corrected chi connectivity index (χ4v) is 4.81. The molecule has 0 saturated carbocycles. The molecule has 9 heteroatoms. The van der Waals surface area contributed by atoms with Gasteiger partial charge in [0.25, 0.3) is 0 Å². The van der Waals surface area contributed by atoms with Crippen molar-refractivity contribution in [2.75, 3.05) is 11.5 Å². The minimum Gasteiger partial charge on any atom is -0.466 e. The first-order valence-electron chi connectivity index (χ1n) is 8.64. The Kier molecular flexibility index (Phi) is 6.93. The van der Waals surface area contributed by atoms with Crippen molar-refractivity contribution >= 4 is 73.7 Å². The van der Waals surface area contributed by atoms with E-state index in [0.717, 1.165) is 20.3 Å². The van der Waals surface area contributed by atoms with Gasteiger partial charge in [0.1, 0.15) is 10.5 Å². The fourth-order valence-electron chi connectivity index (χ4n) is 2.73. The topological polar surface area (TPSA) is 59.5 Å². The third kappa shape index (κ3) is 4.66. The van der Waals surface area contributed by atoms with Crippen LogP contribution in [0.1, 0.15) is 29.7 Å². The number of hydrogen-bond acceptors (Lipinski definition) is 6. The maximum atomic E-state index is 12.9. The summed E-state index contributed by atoms with van der Waals surface area (Å²) < 4.78 is 5.83. The third-order valence-electron chi connectivity index (χ3n) is 4.06. The molecule has 2 aromatic heterocycles. The number of thiazole rings is 1. The van der Waals surface area contributed by atoms with Crippen LogP contribution in [0.15, 0.2) is 23.6 Å². The zero-order chi connectivity index (χ0) is 20.3. The van der Waals surface area contributed by atoms with Gasteiger partial charge >= 0.3 is 5.97 Å². The van der Waals surface area contributed by atoms with Gasteiger partial charge in [0, 0.05) is 11.3 Å². The summed E-state index contributed by atoms with van der Waals surface area (Å²) in [4.78, 5) is 31.8. The number of benzene rings is 1. The van der Waals surface area contributed by atoms with Gasteiger partial charge in [-0.2, -0.15) is 0 Å². The molecular weight excluding hydrogens is 439 g/mol. The highest BCUT2D eigenvalue weighted by molar-refractivity contribution is 7.18. The molecule has 148 valence electrons. The Morgan fingerprint density at radius 1 is 1.21 bits per heavy atom. The lowest BCUT2D eigenvalue weighted by Gasteiger charge is -2.21. The number of fused-ring (bicyclic) bond motifs is 1. The van der Waals surface area contributed by atoms with Crippen molar-refractivity contribution in [2.24, 2.45) is 0 Å². The normalized spacial score (nSPS) is 11.0. The number of anilines is 1. The molecule has 2 heterocycles. The lowest BCUT2D eigenvalue weighted by molar-refractivity contribution is -0.144. The number of carbonyl (C=O) groups is 2. The average Bonchev–Trinajstić information content (AvgIpc) is 3.27. The van der Waals surface area contributed by atoms with Crippen molar-refractivity contribution in [2.45, 2.75) is 33.2 Å². The monoisotopic (exact) mass is 456 g/mol. The molecule has 28 heavy (non-hydrogen) atoms. The van der Waals surface area contributed by atoms with Crippen LogP contribution in [0.2, 0.25) is 10.0 Å². The smallest absolute Gasteiger partial charge is 0.306 e. The highest BCUT2D eigenvalue weighted by Gasteiger charge is 2.22. The van der Waals surface area contributed by atoms with Crippen LogP contribution >= 0.6 is 45.9 Å². The van der Waals surface area contributed by atoms with E-state index < -0.39 is 0 Å². The van der Waals surface area contributed by atoms with Crippen molar-refractivity contribution < 1.29 is 14.3 Å². The van der Waals surface area contributed by atoms with Crippen molar-refractivity contribution in [1.29, 1.82) is 0 Å². The molecule has 0 bridgehead atoms. The Bertz CT molecular complexity index is 1020. The van der Waals surface area contributed by atoms with E-state index in [4.69, 9.17) is 27.9 Å². The second-order valence-electron chi connectivity index (χ2n) is 5.96. The molecule has 0 unspecified atom stereocenters. The van der Waals surface area contributed by atoms with Crippen LogP contribution in [-0.2, 0) is 20.9 Å². The molecule has 3 rings (SSSR count). The van der Waals surface area contributed by atoms with Gasteiger partial charge in [-0.05, 0) is 37.4 Å². The molecule has 0 aliphatic carbocycles. The summed E-state index contributed by atoms with van der Waals surface area (Å²) in [6.07, 6.45) is 0.124. The summed E-state index contributed by atoms with van der Waals surface area (Å²) >= 11 is 15.4. The van der Waals surface area contributed by atoms with Gasteiger partial charge in [0.15, 0.2) is 0 Å². The van der Waals surface area contributed by atoms with Gasteiger partial charge in [-0.25, -0.2) is 4.98 Å². The Hall–Kier alpha value is -1.67. The average molecular weight is 457 g/mol. The second-order valence-corrected chi connectivity index (χ2v) is 8.98. The standard InChI is InChI=1S/C19H18Cl2N2O3S2/c1-3-26-17(25)7-6-16(24)23(13-8-9-27-11(13)2)10-15-22-19-14(28-15)5-4-12(20)18(19)21/h4-5,8-9H,3,6-7,10H2,1-2H3. The van der Waals surface area contributed by atoms with Crippen LogP contribution in [0.25, 0.3) is 10.2 Å². The number of aromatic nitrogens is 1. The van der Waals surface area contributed by atoms with Crippen LogP contribution < -0.4 is 4.90 Å². The number of halogens is 2. The van der Waals surface area contributed by atoms with E-state index in [1.54, 1.807) is 29.2 Å². The number of thiophene rings is 1. The van der Waals surface area contributed by atoms with Gasteiger partial charge in [-0.3, -0.25) is 9.59 Å². The molecule has 3 aromatic rings. The number of hydrogen-bond donors (Lipinski definition) is 0. The van der Waals surface area contributed by atoms with Crippen LogP contribution in [0.4, 0.5) is 5.69 Å². The fraction of sp³-hybridized carbons (Fsp3) is 0.316. The highest BCUT2D eigenvalue weighted by atomic mass is 35.5. The summed E-state index contributed by atoms with van der Waals surface area (Å²) in [7, 11) is 0. The molecule has 0 radical (unpaired) electrons. The largest absolute Gasteiger partial charge is 0.466 e. The van der Waals surface area contributed by atoms with Gasteiger partial charge in [-0.1, -0.05) is 23.2 Å². The quantitative estimate of drug-likeness (QED) is 0.418. The number of carbonyl (C=O) groups excluding carboxylic acids is 2. The molecule has 0 aliphatic heterocycles. The van der Waals surface area contributed by atoms with Crippen LogP contribution in [0.3, 0.4) is 0 Å². The van der Waals surface area contributed by atoms with E-state index in [-0.39, 0.29) is 24.7 Å². The van der Waals surface area contributed by atoms with E-state index in [0.29, 0.717) is 28.7 Å². The number of ether oxygens (including phenoxy) is 1. The molecule has 0 fully saturated rings. The Morgan fingerprint density at radius 2 is 2.00 bits per heavy atom. The number of aryl methyl sites for hydroxylation is 1. The molecule has 0 aliphatic rings. The van der Waals surface area contributed by atoms with E-state index in [9.17, 15) is 9.59 Å². The molecule has 1 amide bonds. The van der Waals surface area contributed by atoms with E-state index in [1.165, 1.54) is 11.3 Å². The molecule has 1 aromatic carbocycles. The summed E-state index contributed by atoms with van der Waals surface area (Å²) in [5, 5.41) is 3.54. The predicted octanol–water partition coefficient (Wildman–Crippen LogP) is 5.85. The molecule has 0 atom stereocenters. The molecule has 0 spiro atoms. The summed E-state index contributed by atoms with van der Waals surface area (Å²) in [5.74, 6) is -0.530. The van der Waals surface area contributed by atoms with Gasteiger partial charge in [0.05, 0.1) is 40.0 Å². The van der Waals surface area contributed by atoms with Crippen molar-refractivity contribution in [3.8, 4) is 0 Å². The Balaban J connectivity index is 1.86. The van der Waals surface area contributed by atoms with Crippen LogP contribution in [0.5, 0.6) is 0 Å². The first-order chi connectivity index (χ1) is 13.4. The highest BCUT2D eigenvalue weighted by Crippen LogP contribution is 2.35. The van der Waals surface area contributed by atoms with Crippen LogP contribution in [0, 0.1) is 6.92 Å². The minimum absolute atomic E-state index is 0.0492.